The lowest BCUT2D eigenvalue weighted by atomic mass is 10.2. The van der Waals surface area contributed by atoms with Crippen LogP contribution in [0.2, 0.25) is 0 Å². The van der Waals surface area contributed by atoms with Gasteiger partial charge < -0.3 is 10.1 Å². The van der Waals surface area contributed by atoms with Crippen molar-refractivity contribution in [3.05, 3.63) is 12.4 Å². The minimum Gasteiger partial charge on any atom is -0.467 e. The highest BCUT2D eigenvalue weighted by Crippen LogP contribution is 2.34. The van der Waals surface area contributed by atoms with Gasteiger partial charge in [-0.15, -0.1) is 0 Å². The van der Waals surface area contributed by atoms with E-state index in [2.05, 4.69) is 10.4 Å². The van der Waals surface area contributed by atoms with Gasteiger partial charge in [0.2, 0.25) is 0 Å². The predicted octanol–water partition coefficient (Wildman–Crippen LogP) is 0.784. The average molecular weight is 209 g/mol. The number of hydrogen-bond donors (Lipinski definition) is 1. The monoisotopic (exact) mass is 209 g/mol. The summed E-state index contributed by atoms with van der Waals surface area (Å²) in [5, 5.41) is 7.19. The van der Waals surface area contributed by atoms with E-state index in [0.717, 1.165) is 18.5 Å². The number of methoxy groups -OCH3 is 1. The molecular weight excluding hydrogens is 194 g/mol. The minimum atomic E-state index is -0.223. The summed E-state index contributed by atoms with van der Waals surface area (Å²) in [5.41, 5.74) is 0.861. The number of aryl methyl sites for hydroxylation is 1. The molecule has 1 heterocycles. The van der Waals surface area contributed by atoms with Crippen molar-refractivity contribution in [2.45, 2.75) is 18.9 Å². The molecule has 1 aromatic rings. The van der Waals surface area contributed by atoms with Crippen LogP contribution < -0.4 is 5.32 Å². The van der Waals surface area contributed by atoms with Crippen molar-refractivity contribution in [3.8, 4) is 0 Å². The fourth-order valence-electron chi connectivity index (χ4n) is 1.60. The Morgan fingerprint density at radius 1 is 1.73 bits per heavy atom. The number of carbonyl (C=O) groups is 1. The van der Waals surface area contributed by atoms with Crippen molar-refractivity contribution in [1.82, 2.24) is 9.78 Å². The van der Waals surface area contributed by atoms with Crippen LogP contribution >= 0.6 is 0 Å². The first-order chi connectivity index (χ1) is 7.20. The third-order valence-electron chi connectivity index (χ3n) is 2.58. The third kappa shape index (κ3) is 2.29. The molecule has 5 heteroatoms. The van der Waals surface area contributed by atoms with E-state index < -0.39 is 0 Å². The summed E-state index contributed by atoms with van der Waals surface area (Å²) < 4.78 is 6.46. The third-order valence-corrected chi connectivity index (χ3v) is 2.58. The maximum absolute atomic E-state index is 11.5. The highest BCUT2D eigenvalue weighted by Gasteiger charge is 2.37. The first-order valence-corrected chi connectivity index (χ1v) is 5.03. The molecule has 0 saturated heterocycles. The molecule has 0 amide bonds. The molecule has 0 radical (unpaired) electrons. The molecule has 1 aliphatic rings. The predicted molar refractivity (Wildman–Crippen MR) is 55.4 cm³/mol. The van der Waals surface area contributed by atoms with Gasteiger partial charge in [-0.1, -0.05) is 0 Å². The molecule has 82 valence electrons. The Hall–Kier alpha value is -1.52. The lowest BCUT2D eigenvalue weighted by Crippen LogP contribution is -2.32. The van der Waals surface area contributed by atoms with E-state index in [9.17, 15) is 4.79 Å². The van der Waals surface area contributed by atoms with Crippen LogP contribution in [0.15, 0.2) is 12.4 Å². The molecule has 15 heavy (non-hydrogen) atoms. The van der Waals surface area contributed by atoms with E-state index in [1.54, 1.807) is 10.9 Å². The average Bonchev–Trinajstić information content (AvgIpc) is 2.98. The largest absolute Gasteiger partial charge is 0.467 e. The number of carbonyl (C=O) groups excluding carboxylic acids is 1. The highest BCUT2D eigenvalue weighted by atomic mass is 16.5. The van der Waals surface area contributed by atoms with Gasteiger partial charge in [0.25, 0.3) is 0 Å². The Balaban J connectivity index is 2.03. The molecule has 0 spiro atoms. The van der Waals surface area contributed by atoms with Gasteiger partial charge in [-0.25, -0.2) is 4.79 Å². The Morgan fingerprint density at radius 2 is 2.47 bits per heavy atom. The van der Waals surface area contributed by atoms with Crippen LogP contribution in [0.4, 0.5) is 5.69 Å². The summed E-state index contributed by atoms with van der Waals surface area (Å²) in [6, 6.07) is -0.223. The summed E-state index contributed by atoms with van der Waals surface area (Å²) in [5.74, 6) is 0.221. The molecule has 1 aromatic heterocycles. The fourth-order valence-corrected chi connectivity index (χ4v) is 1.60. The first kappa shape index (κ1) is 10.0. The van der Waals surface area contributed by atoms with Crippen LogP contribution in [-0.2, 0) is 16.6 Å². The number of hydrogen-bond acceptors (Lipinski definition) is 4. The van der Waals surface area contributed by atoms with Gasteiger partial charge >= 0.3 is 5.97 Å². The SMILES string of the molecule is COC(=O)C(Nc1cnn(C)c1)C1CC1. The van der Waals surface area contributed by atoms with Crippen molar-refractivity contribution in [1.29, 1.82) is 0 Å². The van der Waals surface area contributed by atoms with Gasteiger partial charge in [-0.2, -0.15) is 5.10 Å². The smallest absolute Gasteiger partial charge is 0.328 e. The van der Waals surface area contributed by atoms with Gasteiger partial charge in [0, 0.05) is 13.2 Å². The van der Waals surface area contributed by atoms with Gasteiger partial charge in [-0.05, 0) is 18.8 Å². The number of nitrogens with one attached hydrogen (secondary N) is 1. The molecule has 1 fully saturated rings. The van der Waals surface area contributed by atoms with E-state index in [4.69, 9.17) is 4.74 Å². The van der Waals surface area contributed by atoms with E-state index in [-0.39, 0.29) is 12.0 Å². The standard InChI is InChI=1S/C10H15N3O2/c1-13-6-8(5-11-13)12-9(7-3-4-7)10(14)15-2/h5-7,9,12H,3-4H2,1-2H3. The normalized spacial score (nSPS) is 17.2. The lowest BCUT2D eigenvalue weighted by molar-refractivity contribution is -0.142. The quantitative estimate of drug-likeness (QED) is 0.745. The van der Waals surface area contributed by atoms with Crippen molar-refractivity contribution in [2.24, 2.45) is 13.0 Å². The maximum Gasteiger partial charge on any atom is 0.328 e. The van der Waals surface area contributed by atoms with Crippen molar-refractivity contribution in [2.75, 3.05) is 12.4 Å². The van der Waals surface area contributed by atoms with Crippen molar-refractivity contribution in [3.63, 3.8) is 0 Å². The maximum atomic E-state index is 11.5. The molecule has 2 rings (SSSR count). The molecule has 1 N–H and O–H groups in total. The van der Waals surface area contributed by atoms with Crippen molar-refractivity contribution >= 4 is 11.7 Å². The second-order valence-electron chi connectivity index (χ2n) is 3.89. The molecule has 1 saturated carbocycles. The van der Waals surface area contributed by atoms with E-state index in [0.29, 0.717) is 5.92 Å². The van der Waals surface area contributed by atoms with Crippen LogP contribution in [-0.4, -0.2) is 28.9 Å². The van der Waals surface area contributed by atoms with Crippen LogP contribution in [0.1, 0.15) is 12.8 Å². The Kier molecular flexibility index (Phi) is 2.62. The van der Waals surface area contributed by atoms with E-state index in [1.165, 1.54) is 7.11 Å². The first-order valence-electron chi connectivity index (χ1n) is 5.03. The Labute approximate surface area is 88.4 Å². The highest BCUT2D eigenvalue weighted by molar-refractivity contribution is 5.79. The second kappa shape index (κ2) is 3.92. The van der Waals surface area contributed by atoms with Crippen LogP contribution in [0, 0.1) is 5.92 Å². The molecule has 0 aromatic carbocycles. The molecule has 1 atom stereocenters. The van der Waals surface area contributed by atoms with Crippen LogP contribution in [0.25, 0.3) is 0 Å². The molecule has 0 aliphatic heterocycles. The second-order valence-corrected chi connectivity index (χ2v) is 3.89. The van der Waals surface area contributed by atoms with E-state index >= 15 is 0 Å². The summed E-state index contributed by atoms with van der Waals surface area (Å²) in [6.07, 6.45) is 5.73. The molecular formula is C10H15N3O2. The number of esters is 1. The summed E-state index contributed by atoms with van der Waals surface area (Å²) in [6.45, 7) is 0. The molecule has 1 unspecified atom stereocenters. The molecule has 1 aliphatic carbocycles. The van der Waals surface area contributed by atoms with Gasteiger partial charge in [-0.3, -0.25) is 4.68 Å². The van der Waals surface area contributed by atoms with E-state index in [1.807, 2.05) is 13.2 Å². The Morgan fingerprint density at radius 3 is 2.93 bits per heavy atom. The fraction of sp³-hybridized carbons (Fsp3) is 0.600. The molecule has 5 nitrogen and oxygen atoms in total. The summed E-state index contributed by atoms with van der Waals surface area (Å²) in [4.78, 5) is 11.5. The number of nitrogens with zero attached hydrogens (tertiary/aromatic N) is 2. The van der Waals surface area contributed by atoms with Crippen LogP contribution in [0.5, 0.6) is 0 Å². The zero-order valence-electron chi connectivity index (χ0n) is 8.93. The van der Waals surface area contributed by atoms with Gasteiger partial charge in [0.05, 0.1) is 19.0 Å². The topological polar surface area (TPSA) is 56.1 Å². The minimum absolute atomic E-state index is 0.193. The van der Waals surface area contributed by atoms with Crippen LogP contribution in [0.3, 0.4) is 0 Å². The zero-order valence-corrected chi connectivity index (χ0v) is 8.93. The number of ether oxygens (including phenoxy) is 1. The number of rotatable bonds is 4. The number of aromatic nitrogens is 2. The van der Waals surface area contributed by atoms with Gasteiger partial charge in [0.15, 0.2) is 0 Å². The number of anilines is 1. The van der Waals surface area contributed by atoms with Gasteiger partial charge in [0.1, 0.15) is 6.04 Å². The Bertz CT molecular complexity index is 357. The summed E-state index contributed by atoms with van der Waals surface area (Å²) in [7, 11) is 3.26. The summed E-state index contributed by atoms with van der Waals surface area (Å²) >= 11 is 0. The van der Waals surface area contributed by atoms with Crippen molar-refractivity contribution < 1.29 is 9.53 Å². The molecule has 0 bridgehead atoms. The lowest BCUT2D eigenvalue weighted by Gasteiger charge is -2.15. The zero-order chi connectivity index (χ0) is 10.8.